The zero-order valence-corrected chi connectivity index (χ0v) is 24.5. The SMILES string of the molecule is CCC(Sc1cccc(NC(=O)/C(=C\c2cccc3ccccc23)NC(=O)c2ccccc2)c1)C(=O)Nc1cc(C)on1. The molecule has 8 nitrogen and oxygen atoms in total. The third-order valence-corrected chi connectivity index (χ3v) is 7.92. The third kappa shape index (κ3) is 7.58. The number of carbonyl (C=O) groups excluding carboxylic acids is 3. The molecule has 5 aromatic rings. The predicted octanol–water partition coefficient (Wildman–Crippen LogP) is 7.06. The monoisotopic (exact) mass is 590 g/mol. The number of rotatable bonds is 10. The molecule has 0 aliphatic heterocycles. The van der Waals surface area contributed by atoms with E-state index in [1.807, 2.05) is 61.5 Å². The van der Waals surface area contributed by atoms with Gasteiger partial charge in [-0.15, -0.1) is 11.8 Å². The highest BCUT2D eigenvalue weighted by atomic mass is 32.2. The summed E-state index contributed by atoms with van der Waals surface area (Å²) < 4.78 is 5.03. The van der Waals surface area contributed by atoms with Crippen LogP contribution in [0, 0.1) is 6.92 Å². The van der Waals surface area contributed by atoms with E-state index in [1.54, 1.807) is 61.5 Å². The van der Waals surface area contributed by atoms with Gasteiger partial charge in [-0.1, -0.05) is 78.8 Å². The largest absolute Gasteiger partial charge is 0.360 e. The molecule has 5 rings (SSSR count). The van der Waals surface area contributed by atoms with Gasteiger partial charge >= 0.3 is 0 Å². The summed E-state index contributed by atoms with van der Waals surface area (Å²) in [6.07, 6.45) is 2.26. The molecule has 1 aromatic heterocycles. The van der Waals surface area contributed by atoms with E-state index >= 15 is 0 Å². The van der Waals surface area contributed by atoms with Crippen LogP contribution in [0.25, 0.3) is 16.8 Å². The molecule has 0 radical (unpaired) electrons. The van der Waals surface area contributed by atoms with Crippen LogP contribution < -0.4 is 16.0 Å². The van der Waals surface area contributed by atoms with Gasteiger partial charge in [0.1, 0.15) is 11.5 Å². The van der Waals surface area contributed by atoms with E-state index in [4.69, 9.17) is 4.52 Å². The first kappa shape index (κ1) is 29.3. The van der Waals surface area contributed by atoms with Crippen molar-refractivity contribution in [2.24, 2.45) is 0 Å². The fourth-order valence-electron chi connectivity index (χ4n) is 4.44. The van der Waals surface area contributed by atoms with Gasteiger partial charge in [-0.2, -0.15) is 0 Å². The fourth-order valence-corrected chi connectivity index (χ4v) is 5.45. The van der Waals surface area contributed by atoms with Crippen LogP contribution >= 0.6 is 11.8 Å². The number of nitrogens with one attached hydrogen (secondary N) is 3. The number of thioether (sulfide) groups is 1. The predicted molar refractivity (Wildman–Crippen MR) is 171 cm³/mol. The average molecular weight is 591 g/mol. The standard InChI is InChI=1S/C34H30N4O4S/c1-3-30(34(41)37-31-19-22(2)42-38-31)43-27-17-10-16-26(21-27)35-33(40)29(36-32(39)24-12-5-4-6-13-24)20-25-15-9-14-23-11-7-8-18-28(23)25/h4-21,30H,3H2,1-2H3,(H,35,40)(H,36,39)(H,37,38,41)/b29-20+. The van der Waals surface area contributed by atoms with E-state index in [0.717, 1.165) is 21.2 Å². The van der Waals surface area contributed by atoms with E-state index in [1.165, 1.54) is 11.8 Å². The lowest BCUT2D eigenvalue weighted by molar-refractivity contribution is -0.116. The number of aromatic nitrogens is 1. The zero-order chi connectivity index (χ0) is 30.2. The van der Waals surface area contributed by atoms with E-state index in [2.05, 4.69) is 21.1 Å². The fraction of sp³-hybridized carbons (Fsp3) is 0.118. The minimum absolute atomic E-state index is 0.0944. The number of aryl methyl sites for hydroxylation is 1. The number of amides is 3. The number of fused-ring (bicyclic) bond motifs is 1. The topological polar surface area (TPSA) is 113 Å². The minimum Gasteiger partial charge on any atom is -0.360 e. The number of hydrogen-bond donors (Lipinski definition) is 3. The van der Waals surface area contributed by atoms with E-state index < -0.39 is 17.1 Å². The molecule has 9 heteroatoms. The molecule has 4 aromatic carbocycles. The van der Waals surface area contributed by atoms with Crippen molar-refractivity contribution in [3.05, 3.63) is 126 Å². The van der Waals surface area contributed by atoms with Gasteiger partial charge in [0.15, 0.2) is 5.82 Å². The first-order valence-corrected chi connectivity index (χ1v) is 14.7. The molecule has 0 saturated carbocycles. The Labute approximate surface area is 253 Å². The molecule has 0 spiro atoms. The molecule has 43 heavy (non-hydrogen) atoms. The second kappa shape index (κ2) is 13.7. The Bertz CT molecular complexity index is 1790. The van der Waals surface area contributed by atoms with Crippen molar-refractivity contribution in [1.82, 2.24) is 10.5 Å². The van der Waals surface area contributed by atoms with Gasteiger partial charge in [-0.25, -0.2) is 0 Å². The Kier molecular flexibility index (Phi) is 9.33. The molecule has 0 bridgehead atoms. The molecular weight excluding hydrogens is 560 g/mol. The van der Waals surface area contributed by atoms with Crippen LogP contribution in [0.15, 0.2) is 118 Å². The second-order valence-electron chi connectivity index (χ2n) is 9.76. The smallest absolute Gasteiger partial charge is 0.272 e. The lowest BCUT2D eigenvalue weighted by Gasteiger charge is -2.15. The van der Waals surface area contributed by atoms with Crippen LogP contribution in [-0.2, 0) is 9.59 Å². The number of anilines is 2. The van der Waals surface area contributed by atoms with E-state index in [9.17, 15) is 14.4 Å². The summed E-state index contributed by atoms with van der Waals surface area (Å²) in [5.74, 6) is -0.103. The summed E-state index contributed by atoms with van der Waals surface area (Å²) in [5, 5.41) is 13.9. The summed E-state index contributed by atoms with van der Waals surface area (Å²) in [6.45, 7) is 3.68. The van der Waals surface area contributed by atoms with E-state index in [0.29, 0.717) is 29.2 Å². The van der Waals surface area contributed by atoms with Gasteiger partial charge in [-0.05, 0) is 66.1 Å². The molecule has 1 heterocycles. The van der Waals surface area contributed by atoms with Gasteiger partial charge < -0.3 is 20.5 Å². The van der Waals surface area contributed by atoms with Crippen molar-refractivity contribution in [3.63, 3.8) is 0 Å². The van der Waals surface area contributed by atoms with Crippen molar-refractivity contribution >= 4 is 57.8 Å². The summed E-state index contributed by atoms with van der Waals surface area (Å²) in [4.78, 5) is 40.4. The van der Waals surface area contributed by atoms with Crippen LogP contribution in [0.3, 0.4) is 0 Å². The van der Waals surface area contributed by atoms with Crippen molar-refractivity contribution in [3.8, 4) is 0 Å². The zero-order valence-electron chi connectivity index (χ0n) is 23.7. The second-order valence-corrected chi connectivity index (χ2v) is 11.0. The lowest BCUT2D eigenvalue weighted by atomic mass is 10.0. The summed E-state index contributed by atoms with van der Waals surface area (Å²) in [6, 6.07) is 31.3. The Balaban J connectivity index is 1.37. The molecule has 1 atom stereocenters. The van der Waals surface area contributed by atoms with Gasteiger partial charge in [-0.3, -0.25) is 14.4 Å². The highest BCUT2D eigenvalue weighted by molar-refractivity contribution is 8.00. The lowest BCUT2D eigenvalue weighted by Crippen LogP contribution is -2.30. The van der Waals surface area contributed by atoms with Gasteiger partial charge in [0.25, 0.3) is 11.8 Å². The highest BCUT2D eigenvalue weighted by Crippen LogP contribution is 2.29. The molecule has 216 valence electrons. The Morgan fingerprint density at radius 3 is 2.40 bits per heavy atom. The molecule has 3 N–H and O–H groups in total. The van der Waals surface area contributed by atoms with Gasteiger partial charge in [0.05, 0.1) is 5.25 Å². The normalized spacial score (nSPS) is 12.0. The van der Waals surface area contributed by atoms with Crippen LogP contribution in [0.2, 0.25) is 0 Å². The Morgan fingerprint density at radius 2 is 1.63 bits per heavy atom. The molecule has 0 aliphatic rings. The van der Waals surface area contributed by atoms with Crippen LogP contribution in [-0.4, -0.2) is 28.1 Å². The Morgan fingerprint density at radius 1 is 0.884 bits per heavy atom. The molecule has 0 saturated heterocycles. The van der Waals surface area contributed by atoms with Gasteiger partial charge in [0.2, 0.25) is 5.91 Å². The quantitative estimate of drug-likeness (QED) is 0.119. The maximum atomic E-state index is 13.6. The van der Waals surface area contributed by atoms with Gasteiger partial charge in [0, 0.05) is 22.2 Å². The maximum absolute atomic E-state index is 13.6. The van der Waals surface area contributed by atoms with Crippen molar-refractivity contribution in [2.45, 2.75) is 30.4 Å². The van der Waals surface area contributed by atoms with E-state index in [-0.39, 0.29) is 11.6 Å². The first-order valence-electron chi connectivity index (χ1n) is 13.8. The number of carbonyl (C=O) groups is 3. The highest BCUT2D eigenvalue weighted by Gasteiger charge is 2.20. The number of benzene rings is 4. The third-order valence-electron chi connectivity index (χ3n) is 6.56. The average Bonchev–Trinajstić information content (AvgIpc) is 3.44. The van der Waals surface area contributed by atoms with Crippen molar-refractivity contribution < 1.29 is 18.9 Å². The molecule has 0 fully saturated rings. The van der Waals surface area contributed by atoms with Crippen molar-refractivity contribution in [2.75, 3.05) is 10.6 Å². The van der Waals surface area contributed by atoms with Crippen molar-refractivity contribution in [1.29, 1.82) is 0 Å². The van der Waals surface area contributed by atoms with Crippen LogP contribution in [0.5, 0.6) is 0 Å². The Hall–Kier alpha value is -5.15. The number of hydrogen-bond acceptors (Lipinski definition) is 6. The maximum Gasteiger partial charge on any atom is 0.272 e. The first-order chi connectivity index (χ1) is 20.9. The van der Waals surface area contributed by atoms with Crippen LogP contribution in [0.1, 0.15) is 35.0 Å². The van der Waals surface area contributed by atoms with Crippen LogP contribution in [0.4, 0.5) is 11.5 Å². The molecule has 1 unspecified atom stereocenters. The summed E-state index contributed by atoms with van der Waals surface area (Å²) in [5.41, 5.74) is 1.84. The molecular formula is C34H30N4O4S. The molecule has 3 amide bonds. The molecule has 0 aliphatic carbocycles. The number of nitrogens with zero attached hydrogens (tertiary/aromatic N) is 1. The summed E-state index contributed by atoms with van der Waals surface area (Å²) >= 11 is 1.38. The summed E-state index contributed by atoms with van der Waals surface area (Å²) in [7, 11) is 0. The minimum atomic E-state index is -0.481.